The average Bonchev–Trinajstić information content (AvgIpc) is 2.63. The number of alkyl halides is 3. The molecule has 2 N–H and O–H groups in total. The van der Waals surface area contributed by atoms with Crippen molar-refractivity contribution >= 4 is 40.0 Å². The lowest BCUT2D eigenvalue weighted by molar-refractivity contribution is -0.0494. The quantitative estimate of drug-likeness (QED) is 0.241. The van der Waals surface area contributed by atoms with E-state index < -0.39 is 15.5 Å². The van der Waals surface area contributed by atoms with Crippen LogP contribution in [-0.4, -0.2) is 63.5 Å². The first-order valence-electron chi connectivity index (χ1n) is 9.27. The number of benzene rings is 1. The summed E-state index contributed by atoms with van der Waals surface area (Å²) in [5, 5.41) is 6.20. The van der Waals surface area contributed by atoms with Crippen LogP contribution in [0.2, 0.25) is 0 Å². The number of rotatable bonds is 6. The molecule has 0 bridgehead atoms. The maximum atomic E-state index is 12.6. The molecule has 30 heavy (non-hydrogen) atoms. The smallest absolute Gasteiger partial charge is 0.492 e. The number of nitrogens with one attached hydrogen (secondary N) is 2. The highest BCUT2D eigenvalue weighted by Crippen LogP contribution is 2.28. The van der Waals surface area contributed by atoms with Crippen LogP contribution in [0.3, 0.4) is 0 Å². The van der Waals surface area contributed by atoms with Gasteiger partial charge in [-0.25, -0.2) is 8.42 Å². The summed E-state index contributed by atoms with van der Waals surface area (Å²) in [5.41, 5.74) is -3.03. The standard InChI is InChI=1S/C18H27F3N4O3S.HI/c1-13-10-14(2)12-16(11-13)28-9-6-23-17(22-3)24-15-4-7-25(8-5-15)29(26,27)18(19,20)21;/h10-12,15H,4-9H2,1-3H3,(H2,22,23,24);1H. The van der Waals surface area contributed by atoms with Crippen molar-refractivity contribution in [1.29, 1.82) is 0 Å². The number of piperidine rings is 1. The van der Waals surface area contributed by atoms with Crippen LogP contribution in [0.25, 0.3) is 0 Å². The van der Waals surface area contributed by atoms with Gasteiger partial charge in [-0.2, -0.15) is 17.5 Å². The van der Waals surface area contributed by atoms with Crippen LogP contribution < -0.4 is 15.4 Å². The number of sulfonamides is 1. The van der Waals surface area contributed by atoms with E-state index in [1.165, 1.54) is 0 Å². The van der Waals surface area contributed by atoms with E-state index in [2.05, 4.69) is 21.7 Å². The van der Waals surface area contributed by atoms with Gasteiger partial charge in [0.1, 0.15) is 12.4 Å². The third-order valence-electron chi connectivity index (χ3n) is 4.51. The molecule has 0 aromatic heterocycles. The predicted octanol–water partition coefficient (Wildman–Crippen LogP) is 2.78. The highest BCUT2D eigenvalue weighted by Gasteiger charge is 2.50. The van der Waals surface area contributed by atoms with Gasteiger partial charge in [0.25, 0.3) is 0 Å². The van der Waals surface area contributed by atoms with Crippen LogP contribution in [0.15, 0.2) is 23.2 Å². The number of halogens is 4. The molecule has 0 unspecified atom stereocenters. The van der Waals surface area contributed by atoms with E-state index in [0.717, 1.165) is 16.9 Å². The summed E-state index contributed by atoms with van der Waals surface area (Å²) < 4.78 is 67.0. The van der Waals surface area contributed by atoms with Crippen LogP contribution in [0.4, 0.5) is 13.2 Å². The Balaban J connectivity index is 0.00000450. The van der Waals surface area contributed by atoms with Gasteiger partial charge >= 0.3 is 15.5 Å². The van der Waals surface area contributed by atoms with Crippen LogP contribution >= 0.6 is 24.0 Å². The molecule has 0 radical (unpaired) electrons. The molecule has 1 aliphatic heterocycles. The molecule has 0 atom stereocenters. The van der Waals surface area contributed by atoms with E-state index >= 15 is 0 Å². The number of hydrogen-bond donors (Lipinski definition) is 2. The Morgan fingerprint density at radius 1 is 1.20 bits per heavy atom. The van der Waals surface area contributed by atoms with Crippen LogP contribution in [0.1, 0.15) is 24.0 Å². The lowest BCUT2D eigenvalue weighted by atomic mass is 10.1. The topological polar surface area (TPSA) is 83.0 Å². The molecule has 0 saturated carbocycles. The fourth-order valence-electron chi connectivity index (χ4n) is 3.13. The Morgan fingerprint density at radius 2 is 1.77 bits per heavy atom. The maximum absolute atomic E-state index is 12.6. The summed E-state index contributed by atoms with van der Waals surface area (Å²) in [6, 6.07) is 5.79. The van der Waals surface area contributed by atoms with E-state index in [-0.39, 0.29) is 55.9 Å². The molecule has 0 spiro atoms. The zero-order valence-corrected chi connectivity index (χ0v) is 20.3. The van der Waals surface area contributed by atoms with Gasteiger partial charge in [0.05, 0.1) is 6.54 Å². The Labute approximate surface area is 192 Å². The van der Waals surface area contributed by atoms with Gasteiger partial charge in [-0.1, -0.05) is 6.07 Å². The van der Waals surface area contributed by atoms with Crippen molar-refractivity contribution in [3.63, 3.8) is 0 Å². The van der Waals surface area contributed by atoms with E-state index in [1.807, 2.05) is 26.0 Å². The molecule has 0 aliphatic carbocycles. The van der Waals surface area contributed by atoms with Crippen molar-refractivity contribution in [2.75, 3.05) is 33.3 Å². The molecule has 1 aliphatic rings. The molecule has 1 aromatic carbocycles. The van der Waals surface area contributed by atoms with E-state index in [1.54, 1.807) is 7.05 Å². The SMILES string of the molecule is CN=C(NCCOc1cc(C)cc(C)c1)NC1CCN(S(=O)(=O)C(F)(F)F)CC1.I. The third kappa shape index (κ3) is 7.45. The fourth-order valence-corrected chi connectivity index (χ4v) is 4.11. The summed E-state index contributed by atoms with van der Waals surface area (Å²) in [5.74, 6) is 1.27. The lowest BCUT2D eigenvalue weighted by Gasteiger charge is -2.32. The number of aryl methyl sites for hydroxylation is 2. The molecule has 1 saturated heterocycles. The minimum absolute atomic E-state index is 0. The Hall–Kier alpha value is -1.28. The van der Waals surface area contributed by atoms with Crippen molar-refractivity contribution in [2.45, 2.75) is 38.2 Å². The van der Waals surface area contributed by atoms with E-state index in [9.17, 15) is 21.6 Å². The summed E-state index contributed by atoms with van der Waals surface area (Å²) in [6.07, 6.45) is 0.518. The van der Waals surface area contributed by atoms with E-state index in [0.29, 0.717) is 23.4 Å². The molecule has 7 nitrogen and oxygen atoms in total. The number of ether oxygens (including phenoxy) is 1. The highest BCUT2D eigenvalue weighted by atomic mass is 127. The highest BCUT2D eigenvalue weighted by molar-refractivity contribution is 14.0. The fraction of sp³-hybridized carbons (Fsp3) is 0.611. The minimum Gasteiger partial charge on any atom is -0.492 e. The Morgan fingerprint density at radius 3 is 2.27 bits per heavy atom. The van der Waals surface area contributed by atoms with Gasteiger partial charge in [0.15, 0.2) is 5.96 Å². The number of hydrogen-bond acceptors (Lipinski definition) is 4. The van der Waals surface area contributed by atoms with Crippen LogP contribution in [0, 0.1) is 13.8 Å². The molecule has 2 rings (SSSR count). The van der Waals surface area contributed by atoms with E-state index in [4.69, 9.17) is 4.74 Å². The molecule has 12 heteroatoms. The van der Waals surface area contributed by atoms with Gasteiger partial charge in [-0.15, -0.1) is 24.0 Å². The van der Waals surface area contributed by atoms with Crippen molar-refractivity contribution in [1.82, 2.24) is 14.9 Å². The third-order valence-corrected chi connectivity index (χ3v) is 6.14. The predicted molar refractivity (Wildman–Crippen MR) is 121 cm³/mol. The van der Waals surface area contributed by atoms with Crippen molar-refractivity contribution in [3.8, 4) is 5.75 Å². The Kier molecular flexibility index (Phi) is 10.1. The summed E-state index contributed by atoms with van der Waals surface area (Å²) in [7, 11) is -3.68. The second-order valence-electron chi connectivity index (χ2n) is 6.94. The summed E-state index contributed by atoms with van der Waals surface area (Å²) in [6.45, 7) is 4.50. The number of guanidine groups is 1. The molecule has 172 valence electrons. The van der Waals surface area contributed by atoms with Crippen molar-refractivity contribution < 1.29 is 26.3 Å². The van der Waals surface area contributed by atoms with Crippen molar-refractivity contribution in [2.24, 2.45) is 4.99 Å². The van der Waals surface area contributed by atoms with Gasteiger partial charge in [0, 0.05) is 26.2 Å². The first-order valence-corrected chi connectivity index (χ1v) is 10.7. The molecule has 1 fully saturated rings. The first-order chi connectivity index (χ1) is 13.5. The molecule has 1 aromatic rings. The van der Waals surface area contributed by atoms with Gasteiger partial charge in [-0.05, 0) is 49.9 Å². The molecule has 1 heterocycles. The monoisotopic (exact) mass is 564 g/mol. The van der Waals surface area contributed by atoms with Gasteiger partial charge < -0.3 is 15.4 Å². The molecular weight excluding hydrogens is 536 g/mol. The summed E-state index contributed by atoms with van der Waals surface area (Å²) >= 11 is 0. The minimum atomic E-state index is -5.26. The molecule has 0 amide bonds. The normalized spacial score (nSPS) is 16.7. The van der Waals surface area contributed by atoms with Crippen molar-refractivity contribution in [3.05, 3.63) is 29.3 Å². The maximum Gasteiger partial charge on any atom is 0.511 e. The first kappa shape index (κ1) is 26.8. The number of nitrogens with zero attached hydrogens (tertiary/aromatic N) is 2. The lowest BCUT2D eigenvalue weighted by Crippen LogP contribution is -2.52. The summed E-state index contributed by atoms with van der Waals surface area (Å²) in [4.78, 5) is 4.09. The second kappa shape index (κ2) is 11.4. The van der Waals surface area contributed by atoms with Crippen LogP contribution in [-0.2, 0) is 10.0 Å². The number of aliphatic imine (C=N–C) groups is 1. The zero-order chi connectivity index (χ0) is 21.7. The zero-order valence-electron chi connectivity index (χ0n) is 17.1. The van der Waals surface area contributed by atoms with Gasteiger partial charge in [0.2, 0.25) is 0 Å². The van der Waals surface area contributed by atoms with Gasteiger partial charge in [-0.3, -0.25) is 4.99 Å². The second-order valence-corrected chi connectivity index (χ2v) is 8.87. The largest absolute Gasteiger partial charge is 0.511 e. The molecular formula is C18H28F3IN4O3S. The van der Waals surface area contributed by atoms with Crippen LogP contribution in [0.5, 0.6) is 5.75 Å². The average molecular weight is 564 g/mol. The Bertz CT molecular complexity index is 806.